The number of rotatable bonds is 5. The lowest BCUT2D eigenvalue weighted by atomic mass is 10.0. The third-order valence-electron chi connectivity index (χ3n) is 6.19. The molecule has 2 aromatic carbocycles. The van der Waals surface area contributed by atoms with E-state index in [1.807, 2.05) is 69.3 Å². The van der Waals surface area contributed by atoms with Crippen molar-refractivity contribution >= 4 is 38.4 Å². The molecule has 2 aromatic heterocycles. The predicted octanol–water partition coefficient (Wildman–Crippen LogP) is 5.70. The highest BCUT2D eigenvalue weighted by atomic mass is 32.1. The maximum absolute atomic E-state index is 13.8. The van der Waals surface area contributed by atoms with Crippen LogP contribution in [0.25, 0.3) is 15.9 Å². The molecule has 0 unspecified atom stereocenters. The maximum Gasteiger partial charge on any atom is 0.410 e. The minimum absolute atomic E-state index is 0.0557. The second-order valence-corrected chi connectivity index (χ2v) is 11.1. The third kappa shape index (κ3) is 5.15. The molecule has 0 radical (unpaired) electrons. The monoisotopic (exact) mass is 515 g/mol. The lowest BCUT2D eigenvalue weighted by molar-refractivity contribution is 0.0293. The van der Waals surface area contributed by atoms with Crippen LogP contribution in [-0.4, -0.2) is 46.1 Å². The Morgan fingerprint density at radius 1 is 0.973 bits per heavy atom. The lowest BCUT2D eigenvalue weighted by Gasteiger charge is -2.24. The molecule has 5 rings (SSSR count). The summed E-state index contributed by atoms with van der Waals surface area (Å²) in [6.07, 6.45) is 0.379. The van der Waals surface area contributed by atoms with Crippen molar-refractivity contribution in [3.05, 3.63) is 94.3 Å². The second kappa shape index (κ2) is 9.86. The molecule has 3 heterocycles. The average molecular weight is 516 g/mol. The molecule has 1 aliphatic heterocycles. The molecule has 7 nitrogen and oxygen atoms in total. The van der Waals surface area contributed by atoms with Crippen LogP contribution in [0.15, 0.2) is 77.6 Å². The van der Waals surface area contributed by atoms with Crippen LogP contribution in [0.3, 0.4) is 0 Å². The minimum Gasteiger partial charge on any atom is -0.444 e. The van der Waals surface area contributed by atoms with Gasteiger partial charge >= 0.3 is 6.09 Å². The number of aromatic nitrogens is 1. The number of nitrogens with zero attached hydrogens (tertiary/aromatic N) is 2. The largest absolute Gasteiger partial charge is 0.444 e. The molecule has 4 aromatic rings. The quantitative estimate of drug-likeness (QED) is 0.345. The number of carbonyl (C=O) groups excluding carboxylic acids is 2. The molecular weight excluding hydrogens is 486 g/mol. The van der Waals surface area contributed by atoms with Crippen molar-refractivity contribution in [1.82, 2.24) is 9.47 Å². The highest BCUT2D eigenvalue weighted by molar-refractivity contribution is 7.23. The minimum atomic E-state index is -0.565. The highest BCUT2D eigenvalue weighted by Crippen LogP contribution is 2.38. The van der Waals surface area contributed by atoms with Gasteiger partial charge in [0.05, 0.1) is 11.3 Å². The topological polar surface area (TPSA) is 80.6 Å². The van der Waals surface area contributed by atoms with Gasteiger partial charge in [-0.2, -0.15) is 0 Å². The number of para-hydroxylation sites is 1. The molecule has 1 aliphatic rings. The van der Waals surface area contributed by atoms with E-state index >= 15 is 0 Å². The first kappa shape index (κ1) is 24.8. The van der Waals surface area contributed by atoms with Gasteiger partial charge in [-0.15, -0.1) is 0 Å². The van der Waals surface area contributed by atoms with E-state index in [1.165, 1.54) is 17.4 Å². The van der Waals surface area contributed by atoms with Gasteiger partial charge in [0.15, 0.2) is 5.78 Å². The van der Waals surface area contributed by atoms with E-state index in [0.29, 0.717) is 39.4 Å². The second-order valence-electron chi connectivity index (χ2n) is 10.1. The van der Waals surface area contributed by atoms with E-state index in [2.05, 4.69) is 5.32 Å². The molecule has 8 heteroatoms. The number of anilines is 1. The van der Waals surface area contributed by atoms with E-state index in [9.17, 15) is 14.4 Å². The molecule has 1 amide bonds. The summed E-state index contributed by atoms with van der Waals surface area (Å²) in [5.41, 5.74) is 1.12. The fourth-order valence-electron chi connectivity index (χ4n) is 4.52. The standard InChI is InChI=1S/C29H29N3O4S/c1-29(2,3)36-28(35)31-17-16-20(18-31)30-26-24(25(34)19-10-6-4-7-11-19)22-14-15-23(33)32(27(22)37-26)21-12-8-5-9-13-21/h4-15,20,30H,16-18H2,1-3H3/t20-/m0/s1. The van der Waals surface area contributed by atoms with Crippen molar-refractivity contribution in [3.8, 4) is 5.69 Å². The number of ketones is 1. The Kier molecular flexibility index (Phi) is 6.60. The summed E-state index contributed by atoms with van der Waals surface area (Å²) < 4.78 is 7.18. The van der Waals surface area contributed by atoms with Crippen molar-refractivity contribution in [2.45, 2.75) is 38.8 Å². The van der Waals surface area contributed by atoms with E-state index in [1.54, 1.807) is 27.7 Å². The summed E-state index contributed by atoms with van der Waals surface area (Å²) in [6, 6.07) is 21.7. The fourth-order valence-corrected chi connectivity index (χ4v) is 5.81. The zero-order chi connectivity index (χ0) is 26.2. The average Bonchev–Trinajstić information content (AvgIpc) is 3.48. The molecule has 1 fully saturated rings. The normalized spacial score (nSPS) is 15.6. The Morgan fingerprint density at radius 2 is 1.65 bits per heavy atom. The number of likely N-dealkylation sites (tertiary alicyclic amines) is 1. The van der Waals surface area contributed by atoms with Gasteiger partial charge in [0.2, 0.25) is 0 Å². The molecule has 0 saturated carbocycles. The Morgan fingerprint density at radius 3 is 2.32 bits per heavy atom. The van der Waals surface area contributed by atoms with E-state index in [4.69, 9.17) is 4.74 Å². The van der Waals surface area contributed by atoms with E-state index < -0.39 is 5.60 Å². The molecule has 0 aliphatic carbocycles. The van der Waals surface area contributed by atoms with Crippen LogP contribution in [0.5, 0.6) is 0 Å². The number of amides is 1. The number of carbonyl (C=O) groups is 2. The Labute approximate surface area is 219 Å². The van der Waals surface area contributed by atoms with Crippen molar-refractivity contribution in [2.75, 3.05) is 18.4 Å². The number of benzene rings is 2. The Bertz CT molecular complexity index is 1500. The summed E-state index contributed by atoms with van der Waals surface area (Å²) in [7, 11) is 0. The smallest absolute Gasteiger partial charge is 0.410 e. The zero-order valence-electron chi connectivity index (χ0n) is 21.1. The van der Waals surface area contributed by atoms with Crippen LogP contribution in [0.4, 0.5) is 9.80 Å². The number of ether oxygens (including phenoxy) is 1. The first-order valence-corrected chi connectivity index (χ1v) is 13.1. The first-order valence-electron chi connectivity index (χ1n) is 12.3. The number of hydrogen-bond acceptors (Lipinski definition) is 6. The van der Waals surface area contributed by atoms with Crippen LogP contribution in [0.1, 0.15) is 43.1 Å². The fraction of sp³-hybridized carbons (Fsp3) is 0.276. The van der Waals surface area contributed by atoms with Gasteiger partial charge in [0.25, 0.3) is 5.56 Å². The van der Waals surface area contributed by atoms with Crippen molar-refractivity contribution in [1.29, 1.82) is 0 Å². The predicted molar refractivity (Wildman–Crippen MR) is 147 cm³/mol. The van der Waals surface area contributed by atoms with Gasteiger partial charge in [-0.05, 0) is 45.4 Å². The summed E-state index contributed by atoms with van der Waals surface area (Å²) >= 11 is 1.39. The maximum atomic E-state index is 13.8. The van der Waals surface area contributed by atoms with Crippen molar-refractivity contribution in [2.24, 2.45) is 0 Å². The molecule has 190 valence electrons. The number of hydrogen-bond donors (Lipinski definition) is 1. The lowest BCUT2D eigenvalue weighted by Crippen LogP contribution is -2.36. The molecular formula is C29H29N3O4S. The van der Waals surface area contributed by atoms with Gasteiger partial charge < -0.3 is 15.0 Å². The van der Waals surface area contributed by atoms with Gasteiger partial charge in [-0.25, -0.2) is 4.79 Å². The number of nitrogens with one attached hydrogen (secondary N) is 1. The summed E-state index contributed by atoms with van der Waals surface area (Å²) in [4.78, 5) is 41.7. The van der Waals surface area contributed by atoms with Crippen molar-refractivity contribution in [3.63, 3.8) is 0 Å². The number of fused-ring (bicyclic) bond motifs is 1. The van der Waals surface area contributed by atoms with Crippen LogP contribution in [-0.2, 0) is 4.74 Å². The number of pyridine rings is 1. The van der Waals surface area contributed by atoms with Crippen molar-refractivity contribution < 1.29 is 14.3 Å². The SMILES string of the molecule is CC(C)(C)OC(=O)N1CC[C@H](Nc2sc3c(ccc(=O)n3-c3ccccc3)c2C(=O)c2ccccc2)C1. The molecule has 1 atom stereocenters. The van der Waals surface area contributed by atoms with Gasteiger partial charge in [-0.3, -0.25) is 14.2 Å². The number of thiophene rings is 1. The van der Waals surface area contributed by atoms with E-state index in [-0.39, 0.29) is 23.5 Å². The van der Waals surface area contributed by atoms with Crippen LogP contribution >= 0.6 is 11.3 Å². The summed E-state index contributed by atoms with van der Waals surface area (Å²) in [6.45, 7) is 6.58. The molecule has 0 spiro atoms. The zero-order valence-corrected chi connectivity index (χ0v) is 21.9. The Hall–Kier alpha value is -3.91. The van der Waals surface area contributed by atoms with Crippen LogP contribution < -0.4 is 10.9 Å². The highest BCUT2D eigenvalue weighted by Gasteiger charge is 2.31. The van der Waals surface area contributed by atoms with Gasteiger partial charge in [-0.1, -0.05) is 59.9 Å². The molecule has 0 bridgehead atoms. The Balaban J connectivity index is 1.56. The van der Waals surface area contributed by atoms with Gasteiger partial charge in [0, 0.05) is 36.1 Å². The first-order chi connectivity index (χ1) is 17.7. The molecule has 1 N–H and O–H groups in total. The summed E-state index contributed by atoms with van der Waals surface area (Å²) in [5.74, 6) is -0.116. The van der Waals surface area contributed by atoms with E-state index in [0.717, 1.165) is 12.1 Å². The molecule has 1 saturated heterocycles. The van der Waals surface area contributed by atoms with Crippen LogP contribution in [0, 0.1) is 0 Å². The van der Waals surface area contributed by atoms with Gasteiger partial charge in [0.1, 0.15) is 15.4 Å². The molecule has 37 heavy (non-hydrogen) atoms. The van der Waals surface area contributed by atoms with Crippen LogP contribution in [0.2, 0.25) is 0 Å². The third-order valence-corrected chi connectivity index (χ3v) is 7.32. The summed E-state index contributed by atoms with van der Waals surface area (Å²) in [5, 5.41) is 4.93.